The first kappa shape index (κ1) is 23.5. The second-order valence-corrected chi connectivity index (χ2v) is 9.55. The Morgan fingerprint density at radius 1 is 1.11 bits per heavy atom. The van der Waals surface area contributed by atoms with Crippen LogP contribution in [0.4, 0.5) is 17.5 Å². The van der Waals surface area contributed by atoms with E-state index in [1.807, 2.05) is 62.8 Å². The van der Waals surface area contributed by atoms with E-state index in [1.54, 1.807) is 7.11 Å². The van der Waals surface area contributed by atoms with Crippen LogP contribution in [-0.4, -0.2) is 49.9 Å². The minimum Gasteiger partial charge on any atom is -0.495 e. The molecule has 1 saturated heterocycles. The van der Waals surface area contributed by atoms with E-state index in [4.69, 9.17) is 14.7 Å². The highest BCUT2D eigenvalue weighted by molar-refractivity contribution is 5.89. The number of anilines is 3. The number of nitriles is 1. The summed E-state index contributed by atoms with van der Waals surface area (Å²) in [7, 11) is 3.56. The van der Waals surface area contributed by atoms with Crippen molar-refractivity contribution in [3.05, 3.63) is 42.0 Å². The molecule has 36 heavy (non-hydrogen) atoms. The summed E-state index contributed by atoms with van der Waals surface area (Å²) in [5, 5.41) is 22.1. The molecule has 0 aliphatic carbocycles. The number of nitrogens with one attached hydrogen (secondary N) is 1. The van der Waals surface area contributed by atoms with Crippen molar-refractivity contribution in [1.29, 1.82) is 5.26 Å². The number of hydrogen-bond donors (Lipinski definition) is 1. The topological polar surface area (TPSA) is 118 Å². The third kappa shape index (κ3) is 4.28. The molecular formula is C26H29N9O. The number of rotatable bonds is 5. The Bertz CT molecular complexity index is 1480. The molecule has 4 aromatic rings. The van der Waals surface area contributed by atoms with Gasteiger partial charge in [0.1, 0.15) is 17.1 Å². The van der Waals surface area contributed by atoms with E-state index in [2.05, 4.69) is 31.5 Å². The van der Waals surface area contributed by atoms with Crippen LogP contribution in [0.3, 0.4) is 0 Å². The van der Waals surface area contributed by atoms with Gasteiger partial charge in [0.25, 0.3) is 0 Å². The summed E-state index contributed by atoms with van der Waals surface area (Å²) >= 11 is 0. The quantitative estimate of drug-likeness (QED) is 0.443. The van der Waals surface area contributed by atoms with E-state index in [9.17, 15) is 5.26 Å². The van der Waals surface area contributed by atoms with Crippen LogP contribution in [0.15, 0.2) is 30.5 Å². The fourth-order valence-corrected chi connectivity index (χ4v) is 4.47. The van der Waals surface area contributed by atoms with Gasteiger partial charge in [-0.05, 0) is 57.9 Å². The zero-order valence-corrected chi connectivity index (χ0v) is 21.2. The summed E-state index contributed by atoms with van der Waals surface area (Å²) in [5.41, 5.74) is 3.04. The lowest BCUT2D eigenvalue weighted by atomic mass is 9.82. The van der Waals surface area contributed by atoms with Gasteiger partial charge in [0.15, 0.2) is 11.6 Å². The van der Waals surface area contributed by atoms with E-state index in [0.717, 1.165) is 71.2 Å². The van der Waals surface area contributed by atoms with Gasteiger partial charge in [0.05, 0.1) is 24.3 Å². The maximum Gasteiger partial charge on any atom is 0.227 e. The average Bonchev–Trinajstić information content (AvgIpc) is 3.22. The minimum absolute atomic E-state index is 0.287. The van der Waals surface area contributed by atoms with Crippen LogP contribution >= 0.6 is 0 Å². The Hall–Kier alpha value is -4.26. The molecule has 1 aliphatic rings. The van der Waals surface area contributed by atoms with E-state index in [0.29, 0.717) is 11.7 Å². The maximum atomic E-state index is 9.51. The predicted molar refractivity (Wildman–Crippen MR) is 138 cm³/mol. The Balaban J connectivity index is 1.47. The maximum absolute atomic E-state index is 9.51. The van der Waals surface area contributed by atoms with Crippen LogP contribution in [0.1, 0.15) is 31.3 Å². The SMILES string of the molecule is COc1cc(-c2nnc(C)n2C)ccc1Nc1ncc2cc(C)nc(N3CCC(C)(C#N)CC3)c2n1. The number of pyridine rings is 1. The summed E-state index contributed by atoms with van der Waals surface area (Å²) in [6, 6.07) is 10.3. The van der Waals surface area contributed by atoms with Gasteiger partial charge in [-0.3, -0.25) is 0 Å². The Morgan fingerprint density at radius 2 is 1.89 bits per heavy atom. The van der Waals surface area contributed by atoms with Crippen molar-refractivity contribution < 1.29 is 4.74 Å². The molecule has 1 N–H and O–H groups in total. The Labute approximate surface area is 210 Å². The van der Waals surface area contributed by atoms with Gasteiger partial charge < -0.3 is 19.5 Å². The fourth-order valence-electron chi connectivity index (χ4n) is 4.47. The molecule has 0 atom stereocenters. The van der Waals surface area contributed by atoms with Crippen LogP contribution in [0, 0.1) is 30.6 Å². The summed E-state index contributed by atoms with van der Waals surface area (Å²) in [6.07, 6.45) is 3.41. The third-order valence-corrected chi connectivity index (χ3v) is 6.91. The van der Waals surface area contributed by atoms with Crippen molar-refractivity contribution in [3.8, 4) is 23.2 Å². The highest BCUT2D eigenvalue weighted by Crippen LogP contribution is 2.35. The smallest absolute Gasteiger partial charge is 0.227 e. The minimum atomic E-state index is -0.287. The number of aryl methyl sites for hydroxylation is 2. The molecule has 1 aliphatic heterocycles. The molecule has 5 rings (SSSR count). The summed E-state index contributed by atoms with van der Waals surface area (Å²) in [4.78, 5) is 16.4. The van der Waals surface area contributed by atoms with Crippen molar-refractivity contribution in [2.45, 2.75) is 33.6 Å². The molecule has 1 fully saturated rings. The van der Waals surface area contributed by atoms with Gasteiger partial charge >= 0.3 is 0 Å². The third-order valence-electron chi connectivity index (χ3n) is 6.91. The molecule has 4 heterocycles. The number of aromatic nitrogens is 6. The molecule has 0 unspecified atom stereocenters. The van der Waals surface area contributed by atoms with Crippen LogP contribution in [0.5, 0.6) is 5.75 Å². The largest absolute Gasteiger partial charge is 0.495 e. The zero-order valence-electron chi connectivity index (χ0n) is 21.2. The summed E-state index contributed by atoms with van der Waals surface area (Å²) in [5.74, 6) is 3.52. The van der Waals surface area contributed by atoms with Crippen LogP contribution in [0.25, 0.3) is 22.3 Å². The lowest BCUT2D eigenvalue weighted by Crippen LogP contribution is -2.38. The molecule has 184 valence electrons. The molecule has 0 bridgehead atoms. The van der Waals surface area contributed by atoms with Crippen molar-refractivity contribution in [3.63, 3.8) is 0 Å². The molecule has 0 spiro atoms. The second kappa shape index (κ2) is 9.07. The molecule has 10 heteroatoms. The van der Waals surface area contributed by atoms with Crippen molar-refractivity contribution >= 4 is 28.4 Å². The Kier molecular flexibility index (Phi) is 5.92. The van der Waals surface area contributed by atoms with Crippen LogP contribution in [0.2, 0.25) is 0 Å². The number of methoxy groups -OCH3 is 1. The molecule has 0 amide bonds. The number of hydrogen-bond acceptors (Lipinski definition) is 9. The zero-order chi connectivity index (χ0) is 25.4. The molecular weight excluding hydrogens is 454 g/mol. The number of ether oxygens (including phenoxy) is 1. The standard InChI is InChI=1S/C26H29N9O/c1-16-12-19-14-28-25(31-22(19)24(29-16)35-10-8-26(3,15-27)9-11-35)30-20-7-6-18(13-21(20)36-5)23-33-32-17(2)34(23)4/h6-7,12-14H,8-11H2,1-5H3,(H,28,30,31). The predicted octanol–water partition coefficient (Wildman–Crippen LogP) is 4.32. The lowest BCUT2D eigenvalue weighted by molar-refractivity contribution is 0.336. The molecule has 3 aromatic heterocycles. The van der Waals surface area contributed by atoms with Gasteiger partial charge in [0.2, 0.25) is 5.95 Å². The monoisotopic (exact) mass is 483 g/mol. The van der Waals surface area contributed by atoms with Crippen LogP contribution in [-0.2, 0) is 7.05 Å². The highest BCUT2D eigenvalue weighted by Gasteiger charge is 2.31. The van der Waals surface area contributed by atoms with Gasteiger partial charge in [-0.25, -0.2) is 15.0 Å². The average molecular weight is 484 g/mol. The number of benzene rings is 1. The van der Waals surface area contributed by atoms with E-state index in [1.165, 1.54) is 0 Å². The second-order valence-electron chi connectivity index (χ2n) is 9.55. The molecule has 10 nitrogen and oxygen atoms in total. The van der Waals surface area contributed by atoms with Gasteiger partial charge in [-0.2, -0.15) is 5.26 Å². The normalized spacial score (nSPS) is 15.1. The molecule has 1 aromatic carbocycles. The van der Waals surface area contributed by atoms with E-state index in [-0.39, 0.29) is 5.41 Å². The first-order chi connectivity index (χ1) is 17.3. The van der Waals surface area contributed by atoms with Gasteiger partial charge in [0, 0.05) is 43.0 Å². The highest BCUT2D eigenvalue weighted by atomic mass is 16.5. The lowest BCUT2D eigenvalue weighted by Gasteiger charge is -2.36. The summed E-state index contributed by atoms with van der Waals surface area (Å²) < 4.78 is 7.59. The number of fused-ring (bicyclic) bond motifs is 1. The number of piperidine rings is 1. The fraction of sp³-hybridized carbons (Fsp3) is 0.385. The molecule has 0 radical (unpaired) electrons. The van der Waals surface area contributed by atoms with Crippen LogP contribution < -0.4 is 15.0 Å². The van der Waals surface area contributed by atoms with Crippen molar-refractivity contribution in [1.82, 2.24) is 29.7 Å². The summed E-state index contributed by atoms with van der Waals surface area (Å²) in [6.45, 7) is 7.44. The van der Waals surface area contributed by atoms with E-state index >= 15 is 0 Å². The van der Waals surface area contributed by atoms with Gasteiger partial charge in [-0.1, -0.05) is 0 Å². The Morgan fingerprint density at radius 3 is 2.56 bits per heavy atom. The van der Waals surface area contributed by atoms with Gasteiger partial charge in [-0.15, -0.1) is 10.2 Å². The molecule has 0 saturated carbocycles. The first-order valence-corrected chi connectivity index (χ1v) is 11.9. The van der Waals surface area contributed by atoms with Crippen molar-refractivity contribution in [2.24, 2.45) is 12.5 Å². The first-order valence-electron chi connectivity index (χ1n) is 11.9. The van der Waals surface area contributed by atoms with Crippen molar-refractivity contribution in [2.75, 3.05) is 30.4 Å². The number of nitrogens with zero attached hydrogens (tertiary/aromatic N) is 8. The van der Waals surface area contributed by atoms with E-state index < -0.39 is 0 Å².